The lowest BCUT2D eigenvalue weighted by Gasteiger charge is -2.09. The molecule has 0 spiro atoms. The number of rotatable bonds is 2. The average Bonchev–Trinajstić information content (AvgIpc) is 2.19. The fourth-order valence-electron chi connectivity index (χ4n) is 1.20. The molecule has 0 radical (unpaired) electrons. The molecule has 0 fully saturated rings. The van der Waals surface area contributed by atoms with Gasteiger partial charge < -0.3 is 4.74 Å². The maximum Gasteiger partial charge on any atom is 0.122 e. The molecule has 0 aliphatic heterocycles. The first-order valence-corrected chi connectivity index (χ1v) is 5.02. The van der Waals surface area contributed by atoms with Crippen LogP contribution in [0.1, 0.15) is 37.8 Å². The summed E-state index contributed by atoms with van der Waals surface area (Å²) in [5.74, 6) is 1.56. The first-order valence-electron chi connectivity index (χ1n) is 5.02. The minimum atomic E-state index is 0.569. The van der Waals surface area contributed by atoms with Crippen molar-refractivity contribution in [1.82, 2.24) is 0 Å². The highest BCUT2D eigenvalue weighted by Gasteiger charge is 2.02. The minimum absolute atomic E-state index is 0.569. The molecule has 0 bridgehead atoms. The Morgan fingerprint density at radius 3 is 2.27 bits per heavy atom. The third-order valence-corrected chi connectivity index (χ3v) is 2.10. The summed E-state index contributed by atoms with van der Waals surface area (Å²) in [6.45, 7) is 7.86. The first-order chi connectivity index (χ1) is 7.06. The van der Waals surface area contributed by atoms with Crippen LogP contribution >= 0.6 is 0 Å². The standard InChI is InChI=1S/C11H16O.C2H3N/c1-8(2)10-6-5-9(3)11(7-10)12-4;1-2-3/h5-8H,1-4H3;1H3. The van der Waals surface area contributed by atoms with Gasteiger partial charge in [-0.1, -0.05) is 26.0 Å². The molecule has 0 atom stereocenters. The summed E-state index contributed by atoms with van der Waals surface area (Å²) in [7, 11) is 1.71. The fraction of sp³-hybridized carbons (Fsp3) is 0.462. The maximum atomic E-state index is 7.32. The summed E-state index contributed by atoms with van der Waals surface area (Å²) in [5.41, 5.74) is 2.53. The van der Waals surface area contributed by atoms with E-state index in [0.717, 1.165) is 5.75 Å². The van der Waals surface area contributed by atoms with Gasteiger partial charge in [-0.15, -0.1) is 0 Å². The third-order valence-electron chi connectivity index (χ3n) is 2.10. The van der Waals surface area contributed by atoms with Gasteiger partial charge in [-0.25, -0.2) is 0 Å². The monoisotopic (exact) mass is 205 g/mol. The van der Waals surface area contributed by atoms with E-state index in [0.29, 0.717) is 5.92 Å². The van der Waals surface area contributed by atoms with Crippen LogP contribution in [-0.2, 0) is 0 Å². The van der Waals surface area contributed by atoms with Crippen molar-refractivity contribution in [2.45, 2.75) is 33.6 Å². The largest absolute Gasteiger partial charge is 0.496 e. The fourth-order valence-corrected chi connectivity index (χ4v) is 1.20. The van der Waals surface area contributed by atoms with Crippen molar-refractivity contribution in [3.05, 3.63) is 29.3 Å². The molecular formula is C13H19NO. The molecule has 15 heavy (non-hydrogen) atoms. The van der Waals surface area contributed by atoms with E-state index in [9.17, 15) is 0 Å². The van der Waals surface area contributed by atoms with Crippen molar-refractivity contribution in [3.8, 4) is 11.8 Å². The van der Waals surface area contributed by atoms with Crippen LogP contribution in [0, 0.1) is 18.3 Å². The van der Waals surface area contributed by atoms with Gasteiger partial charge in [-0.3, -0.25) is 0 Å². The summed E-state index contributed by atoms with van der Waals surface area (Å²) in [5, 5.41) is 7.32. The number of benzene rings is 1. The molecule has 0 aliphatic rings. The van der Waals surface area contributed by atoms with Crippen molar-refractivity contribution in [3.63, 3.8) is 0 Å². The third kappa shape index (κ3) is 4.51. The van der Waals surface area contributed by atoms with Crippen molar-refractivity contribution >= 4 is 0 Å². The molecule has 0 saturated heterocycles. The molecule has 2 nitrogen and oxygen atoms in total. The zero-order valence-corrected chi connectivity index (χ0v) is 10.2. The van der Waals surface area contributed by atoms with Gasteiger partial charge in [0.2, 0.25) is 0 Å². The number of aryl methyl sites for hydroxylation is 1. The second-order valence-corrected chi connectivity index (χ2v) is 3.61. The van der Waals surface area contributed by atoms with Crippen molar-refractivity contribution in [2.24, 2.45) is 0 Å². The van der Waals surface area contributed by atoms with Crippen molar-refractivity contribution in [1.29, 1.82) is 5.26 Å². The highest BCUT2D eigenvalue weighted by molar-refractivity contribution is 5.37. The summed E-state index contributed by atoms with van der Waals surface area (Å²) in [6, 6.07) is 8.12. The highest BCUT2D eigenvalue weighted by Crippen LogP contribution is 2.23. The Hall–Kier alpha value is -1.49. The predicted molar refractivity (Wildman–Crippen MR) is 63.1 cm³/mol. The second-order valence-electron chi connectivity index (χ2n) is 3.61. The number of hydrogen-bond acceptors (Lipinski definition) is 2. The van der Waals surface area contributed by atoms with Crippen LogP contribution in [0.2, 0.25) is 0 Å². The first kappa shape index (κ1) is 13.5. The van der Waals surface area contributed by atoms with Crippen molar-refractivity contribution in [2.75, 3.05) is 7.11 Å². The molecule has 2 heteroatoms. The number of nitriles is 1. The normalized spacial score (nSPS) is 8.87. The van der Waals surface area contributed by atoms with Crippen LogP contribution < -0.4 is 4.74 Å². The lowest BCUT2D eigenvalue weighted by molar-refractivity contribution is 0.411. The van der Waals surface area contributed by atoms with Crippen LogP contribution in [0.4, 0.5) is 0 Å². The Bertz CT molecular complexity index is 337. The minimum Gasteiger partial charge on any atom is -0.496 e. The Morgan fingerprint density at radius 2 is 1.87 bits per heavy atom. The van der Waals surface area contributed by atoms with E-state index >= 15 is 0 Å². The van der Waals surface area contributed by atoms with E-state index in [-0.39, 0.29) is 0 Å². The Morgan fingerprint density at radius 1 is 1.33 bits per heavy atom. The highest BCUT2D eigenvalue weighted by atomic mass is 16.5. The molecule has 0 N–H and O–H groups in total. The van der Waals surface area contributed by atoms with Gasteiger partial charge in [-0.2, -0.15) is 5.26 Å². The number of nitrogens with zero attached hydrogens (tertiary/aromatic N) is 1. The number of hydrogen-bond donors (Lipinski definition) is 0. The van der Waals surface area contributed by atoms with Gasteiger partial charge in [-0.05, 0) is 30.0 Å². The maximum absolute atomic E-state index is 7.32. The topological polar surface area (TPSA) is 33.0 Å². The van der Waals surface area contributed by atoms with Crippen LogP contribution in [0.5, 0.6) is 5.75 Å². The van der Waals surface area contributed by atoms with Crippen molar-refractivity contribution < 1.29 is 4.74 Å². The van der Waals surface area contributed by atoms with E-state index < -0.39 is 0 Å². The van der Waals surface area contributed by atoms with E-state index in [2.05, 4.69) is 39.0 Å². The van der Waals surface area contributed by atoms with E-state index in [4.69, 9.17) is 10.00 Å². The lowest BCUT2D eigenvalue weighted by Crippen LogP contribution is -1.91. The van der Waals surface area contributed by atoms with Gasteiger partial charge in [0, 0.05) is 6.92 Å². The summed E-state index contributed by atoms with van der Waals surface area (Å²) in [6.07, 6.45) is 0. The molecule has 0 saturated carbocycles. The molecule has 0 aromatic heterocycles. The van der Waals surface area contributed by atoms with E-state index in [1.807, 2.05) is 0 Å². The molecule has 0 heterocycles. The quantitative estimate of drug-likeness (QED) is 0.738. The summed E-state index contributed by atoms with van der Waals surface area (Å²) >= 11 is 0. The number of ether oxygens (including phenoxy) is 1. The summed E-state index contributed by atoms with van der Waals surface area (Å²) < 4.78 is 5.24. The van der Waals surface area contributed by atoms with Gasteiger partial charge in [0.1, 0.15) is 5.75 Å². The lowest BCUT2D eigenvalue weighted by atomic mass is 10.0. The molecule has 82 valence electrons. The smallest absolute Gasteiger partial charge is 0.122 e. The van der Waals surface area contributed by atoms with E-state index in [1.165, 1.54) is 18.1 Å². The van der Waals surface area contributed by atoms with Crippen LogP contribution in [-0.4, -0.2) is 7.11 Å². The second kappa shape index (κ2) is 6.89. The van der Waals surface area contributed by atoms with E-state index in [1.54, 1.807) is 13.2 Å². The van der Waals surface area contributed by atoms with Gasteiger partial charge in [0.15, 0.2) is 0 Å². The zero-order chi connectivity index (χ0) is 11.8. The van der Waals surface area contributed by atoms with Gasteiger partial charge >= 0.3 is 0 Å². The molecule has 0 amide bonds. The molecule has 0 unspecified atom stereocenters. The Kier molecular flexibility index (Phi) is 6.21. The molecular weight excluding hydrogens is 186 g/mol. The predicted octanol–water partition coefficient (Wildman–Crippen LogP) is 3.66. The van der Waals surface area contributed by atoms with Gasteiger partial charge in [0.05, 0.1) is 13.2 Å². The molecule has 1 aromatic carbocycles. The Balaban J connectivity index is 0.000000583. The van der Waals surface area contributed by atoms with Crippen LogP contribution in [0.3, 0.4) is 0 Å². The molecule has 0 aliphatic carbocycles. The summed E-state index contributed by atoms with van der Waals surface area (Å²) in [4.78, 5) is 0. The zero-order valence-electron chi connectivity index (χ0n) is 10.2. The number of methoxy groups -OCH3 is 1. The average molecular weight is 205 g/mol. The Labute approximate surface area is 92.5 Å². The van der Waals surface area contributed by atoms with Gasteiger partial charge in [0.25, 0.3) is 0 Å². The van der Waals surface area contributed by atoms with Crippen LogP contribution in [0.15, 0.2) is 18.2 Å². The molecule has 1 aromatic rings. The SMILES string of the molecule is CC#N.COc1cc(C(C)C)ccc1C. The molecule has 1 rings (SSSR count). The van der Waals surface area contributed by atoms with Crippen LogP contribution in [0.25, 0.3) is 0 Å².